The Morgan fingerprint density at radius 2 is 2.32 bits per heavy atom. The number of hydrogen-bond acceptors (Lipinski definition) is 5. The van der Waals surface area contributed by atoms with Gasteiger partial charge < -0.3 is 10.1 Å². The van der Waals surface area contributed by atoms with Crippen molar-refractivity contribution in [3.05, 3.63) is 18.3 Å². The van der Waals surface area contributed by atoms with Crippen molar-refractivity contribution in [2.45, 2.75) is 17.7 Å². The molecule has 1 atom stereocenters. The van der Waals surface area contributed by atoms with E-state index in [9.17, 15) is 8.42 Å². The summed E-state index contributed by atoms with van der Waals surface area (Å²) in [5.41, 5.74) is 0. The average Bonchev–Trinajstić information content (AvgIpc) is 2.92. The molecule has 1 aliphatic rings. The molecule has 1 unspecified atom stereocenters. The third-order valence-corrected chi connectivity index (χ3v) is 4.62. The molecule has 2 heterocycles. The number of anilines is 1. The van der Waals surface area contributed by atoms with Gasteiger partial charge in [0.25, 0.3) is 0 Å². The Bertz CT molecular complexity index is 495. The van der Waals surface area contributed by atoms with Gasteiger partial charge in [0.15, 0.2) is 0 Å². The minimum Gasteiger partial charge on any atom is -0.381 e. The van der Waals surface area contributed by atoms with Gasteiger partial charge in [-0.1, -0.05) is 0 Å². The summed E-state index contributed by atoms with van der Waals surface area (Å²) in [6.45, 7) is 1.96. The lowest BCUT2D eigenvalue weighted by Crippen LogP contribution is -2.26. The van der Waals surface area contributed by atoms with Crippen LogP contribution < -0.4 is 10.0 Å². The molecule has 0 aliphatic carbocycles. The van der Waals surface area contributed by atoms with Gasteiger partial charge in [-0.3, -0.25) is 0 Å². The van der Waals surface area contributed by atoms with Crippen molar-refractivity contribution < 1.29 is 13.2 Å². The summed E-state index contributed by atoms with van der Waals surface area (Å²) in [6.07, 6.45) is 3.17. The number of pyridine rings is 1. The highest BCUT2D eigenvalue weighted by molar-refractivity contribution is 7.89. The molecular weight excluding hydrogens is 266 g/mol. The van der Waals surface area contributed by atoms with Gasteiger partial charge in [-0.15, -0.1) is 0 Å². The van der Waals surface area contributed by atoms with E-state index in [2.05, 4.69) is 15.0 Å². The Morgan fingerprint density at radius 1 is 1.47 bits per heavy atom. The highest BCUT2D eigenvalue weighted by Crippen LogP contribution is 2.16. The van der Waals surface area contributed by atoms with Crippen molar-refractivity contribution in [3.63, 3.8) is 0 Å². The SMILES string of the molecule is CNc1ccc(S(=O)(=O)NCCC2CCOC2)cn1. The number of sulfonamides is 1. The van der Waals surface area contributed by atoms with Crippen molar-refractivity contribution in [2.24, 2.45) is 5.92 Å². The fraction of sp³-hybridized carbons (Fsp3) is 0.583. The maximum absolute atomic E-state index is 12.0. The second-order valence-electron chi connectivity index (χ2n) is 4.55. The molecule has 1 aliphatic heterocycles. The normalized spacial score (nSPS) is 19.5. The molecule has 2 rings (SSSR count). The smallest absolute Gasteiger partial charge is 0.242 e. The maximum atomic E-state index is 12.0. The van der Waals surface area contributed by atoms with Crippen molar-refractivity contribution in [2.75, 3.05) is 32.1 Å². The Hall–Kier alpha value is -1.18. The number of hydrogen-bond donors (Lipinski definition) is 2. The Kier molecular flexibility index (Phi) is 4.73. The number of aromatic nitrogens is 1. The van der Waals surface area contributed by atoms with Crippen LogP contribution in [0.3, 0.4) is 0 Å². The van der Waals surface area contributed by atoms with Gasteiger partial charge in [0.2, 0.25) is 10.0 Å². The van der Waals surface area contributed by atoms with Crippen molar-refractivity contribution in [1.82, 2.24) is 9.71 Å². The molecule has 7 heteroatoms. The van der Waals surface area contributed by atoms with Crippen LogP contribution in [0.1, 0.15) is 12.8 Å². The standard InChI is InChI=1S/C12H19N3O3S/c1-13-12-3-2-11(8-14-12)19(16,17)15-6-4-10-5-7-18-9-10/h2-3,8,10,15H,4-7,9H2,1H3,(H,13,14). The molecule has 0 saturated carbocycles. The van der Waals surface area contributed by atoms with Crippen LogP contribution in [-0.2, 0) is 14.8 Å². The van der Waals surface area contributed by atoms with Crippen molar-refractivity contribution in [3.8, 4) is 0 Å². The molecule has 1 aromatic rings. The van der Waals surface area contributed by atoms with Crippen molar-refractivity contribution >= 4 is 15.8 Å². The summed E-state index contributed by atoms with van der Waals surface area (Å²) in [5, 5.41) is 2.85. The molecule has 6 nitrogen and oxygen atoms in total. The highest BCUT2D eigenvalue weighted by atomic mass is 32.2. The van der Waals surface area contributed by atoms with E-state index < -0.39 is 10.0 Å². The predicted octanol–water partition coefficient (Wildman–Crippen LogP) is 0.828. The second-order valence-corrected chi connectivity index (χ2v) is 6.31. The highest BCUT2D eigenvalue weighted by Gasteiger charge is 2.18. The van der Waals surface area contributed by atoms with Crippen molar-refractivity contribution in [1.29, 1.82) is 0 Å². The molecule has 0 aromatic carbocycles. The summed E-state index contributed by atoms with van der Waals surface area (Å²) >= 11 is 0. The van der Waals surface area contributed by atoms with Gasteiger partial charge in [-0.05, 0) is 30.9 Å². The summed E-state index contributed by atoms with van der Waals surface area (Å²) in [5.74, 6) is 1.11. The van der Waals surface area contributed by atoms with Gasteiger partial charge in [-0.25, -0.2) is 18.1 Å². The third kappa shape index (κ3) is 3.89. The van der Waals surface area contributed by atoms with E-state index >= 15 is 0 Å². The largest absolute Gasteiger partial charge is 0.381 e. The molecule has 1 aromatic heterocycles. The van der Waals surface area contributed by atoms with E-state index in [0.717, 1.165) is 26.1 Å². The van der Waals surface area contributed by atoms with Crippen LogP contribution in [0, 0.1) is 5.92 Å². The van der Waals surface area contributed by atoms with Crippen LogP contribution in [0.15, 0.2) is 23.2 Å². The van der Waals surface area contributed by atoms with Gasteiger partial charge in [-0.2, -0.15) is 0 Å². The summed E-state index contributed by atoms with van der Waals surface area (Å²) in [7, 11) is -1.72. The summed E-state index contributed by atoms with van der Waals surface area (Å²) in [6, 6.07) is 3.18. The number of ether oxygens (including phenoxy) is 1. The predicted molar refractivity (Wildman–Crippen MR) is 72.5 cm³/mol. The van der Waals surface area contributed by atoms with Gasteiger partial charge in [0, 0.05) is 33.0 Å². The van der Waals surface area contributed by atoms with Gasteiger partial charge >= 0.3 is 0 Å². The number of rotatable bonds is 6. The first-order valence-electron chi connectivity index (χ1n) is 6.33. The Labute approximate surface area is 113 Å². The first-order chi connectivity index (χ1) is 9.12. The molecule has 2 N–H and O–H groups in total. The zero-order valence-electron chi connectivity index (χ0n) is 10.9. The zero-order valence-corrected chi connectivity index (χ0v) is 11.7. The number of nitrogens with zero attached hydrogens (tertiary/aromatic N) is 1. The summed E-state index contributed by atoms with van der Waals surface area (Å²) in [4.78, 5) is 4.19. The first-order valence-corrected chi connectivity index (χ1v) is 7.81. The van der Waals surface area contributed by atoms with Crippen LogP contribution in [0.4, 0.5) is 5.82 Å². The monoisotopic (exact) mass is 285 g/mol. The molecule has 0 amide bonds. The lowest BCUT2D eigenvalue weighted by atomic mass is 10.1. The molecule has 0 bridgehead atoms. The van der Waals surface area contributed by atoms with E-state index in [1.807, 2.05) is 0 Å². The lowest BCUT2D eigenvalue weighted by Gasteiger charge is -2.09. The molecule has 1 fully saturated rings. The van der Waals surface area contributed by atoms with E-state index in [0.29, 0.717) is 18.3 Å². The zero-order chi connectivity index (χ0) is 13.7. The first kappa shape index (κ1) is 14.2. The molecule has 0 radical (unpaired) electrons. The van der Waals surface area contributed by atoms with Crippen LogP contribution in [-0.4, -0.2) is 40.2 Å². The van der Waals surface area contributed by atoms with Gasteiger partial charge in [0.1, 0.15) is 10.7 Å². The molecule has 19 heavy (non-hydrogen) atoms. The molecular formula is C12H19N3O3S. The topological polar surface area (TPSA) is 80.3 Å². The van der Waals surface area contributed by atoms with E-state index in [1.165, 1.54) is 6.20 Å². The second kappa shape index (κ2) is 6.31. The number of nitrogens with one attached hydrogen (secondary N) is 2. The van der Waals surface area contributed by atoms with Crippen LogP contribution in [0.2, 0.25) is 0 Å². The van der Waals surface area contributed by atoms with Gasteiger partial charge in [0.05, 0.1) is 0 Å². The Morgan fingerprint density at radius 3 is 2.89 bits per heavy atom. The van der Waals surface area contributed by atoms with E-state index in [1.54, 1.807) is 19.2 Å². The van der Waals surface area contributed by atoms with E-state index in [-0.39, 0.29) is 4.90 Å². The average molecular weight is 285 g/mol. The third-order valence-electron chi connectivity index (χ3n) is 3.17. The minimum absolute atomic E-state index is 0.189. The Balaban J connectivity index is 1.89. The quantitative estimate of drug-likeness (QED) is 0.809. The lowest BCUT2D eigenvalue weighted by molar-refractivity contribution is 0.184. The van der Waals surface area contributed by atoms with E-state index in [4.69, 9.17) is 4.74 Å². The summed E-state index contributed by atoms with van der Waals surface area (Å²) < 4.78 is 31.9. The van der Waals surface area contributed by atoms with Crippen LogP contribution in [0.5, 0.6) is 0 Å². The molecule has 106 valence electrons. The van der Waals surface area contributed by atoms with Crippen LogP contribution >= 0.6 is 0 Å². The fourth-order valence-electron chi connectivity index (χ4n) is 1.98. The maximum Gasteiger partial charge on any atom is 0.242 e. The molecule has 1 saturated heterocycles. The minimum atomic E-state index is -3.46. The fourth-order valence-corrected chi connectivity index (χ4v) is 2.97. The molecule has 0 spiro atoms. The van der Waals surface area contributed by atoms with Crippen LogP contribution in [0.25, 0.3) is 0 Å².